The Labute approximate surface area is 96.9 Å². The van der Waals surface area contributed by atoms with Crippen LogP contribution in [-0.2, 0) is 9.47 Å². The van der Waals surface area contributed by atoms with Crippen molar-refractivity contribution >= 4 is 6.16 Å². The van der Waals surface area contributed by atoms with Gasteiger partial charge < -0.3 is 9.47 Å². The van der Waals surface area contributed by atoms with Gasteiger partial charge in [-0.05, 0) is 46.6 Å². The molecule has 2 heterocycles. The van der Waals surface area contributed by atoms with Crippen molar-refractivity contribution in [3.63, 3.8) is 0 Å². The fraction of sp³-hybridized carbons (Fsp3) is 0.917. The van der Waals surface area contributed by atoms with E-state index in [1.54, 1.807) is 0 Å². The van der Waals surface area contributed by atoms with Crippen LogP contribution in [0, 0.1) is 0 Å². The molecule has 0 spiro atoms. The molecule has 4 nitrogen and oxygen atoms in total. The maximum absolute atomic E-state index is 11.5. The third-order valence-electron chi connectivity index (χ3n) is 3.18. The van der Waals surface area contributed by atoms with Gasteiger partial charge >= 0.3 is 6.16 Å². The summed E-state index contributed by atoms with van der Waals surface area (Å²) in [5.74, 6) is 0. The van der Waals surface area contributed by atoms with Crippen molar-refractivity contribution in [2.45, 2.75) is 57.8 Å². The summed E-state index contributed by atoms with van der Waals surface area (Å²) in [6.45, 7) is 7.76. The number of ether oxygens (including phenoxy) is 2. The van der Waals surface area contributed by atoms with Gasteiger partial charge in [0.05, 0.1) is 0 Å². The van der Waals surface area contributed by atoms with Crippen LogP contribution in [-0.4, -0.2) is 41.9 Å². The number of hydrogen-bond acceptors (Lipinski definition) is 4. The molecule has 2 aliphatic rings. The molecule has 2 saturated heterocycles. The van der Waals surface area contributed by atoms with Gasteiger partial charge in [-0.2, -0.15) is 0 Å². The molecule has 0 radical (unpaired) electrons. The molecule has 2 fully saturated rings. The fourth-order valence-electron chi connectivity index (χ4n) is 2.57. The van der Waals surface area contributed by atoms with Crippen LogP contribution in [0.15, 0.2) is 0 Å². The number of rotatable bonds is 1. The third-order valence-corrected chi connectivity index (χ3v) is 3.18. The molecule has 4 heteroatoms. The number of hydrogen-bond donors (Lipinski definition) is 0. The van der Waals surface area contributed by atoms with Crippen LogP contribution in [0.1, 0.15) is 40.0 Å². The minimum atomic E-state index is -0.522. The Balaban J connectivity index is 1.83. The standard InChI is InChI=1S/C12H21NO3/c1-12(2,3)16-11(14)15-10-6-8-13-7-4-5-9(10)13/h9-10H,4-8H2,1-3H3/t9-,10-/m0/s1. The molecule has 0 aliphatic carbocycles. The second-order valence-corrected chi connectivity index (χ2v) is 5.65. The second kappa shape index (κ2) is 4.24. The van der Waals surface area contributed by atoms with Crippen molar-refractivity contribution in [1.29, 1.82) is 0 Å². The highest BCUT2D eigenvalue weighted by atomic mass is 16.7. The van der Waals surface area contributed by atoms with Gasteiger partial charge in [-0.15, -0.1) is 0 Å². The van der Waals surface area contributed by atoms with Gasteiger partial charge in [0, 0.05) is 12.6 Å². The van der Waals surface area contributed by atoms with Crippen LogP contribution in [0.4, 0.5) is 4.79 Å². The Hall–Kier alpha value is -0.770. The van der Waals surface area contributed by atoms with Gasteiger partial charge in [-0.3, -0.25) is 4.90 Å². The van der Waals surface area contributed by atoms with E-state index in [0.29, 0.717) is 6.04 Å². The van der Waals surface area contributed by atoms with E-state index in [4.69, 9.17) is 9.47 Å². The number of carbonyl (C=O) groups excluding carboxylic acids is 1. The third kappa shape index (κ3) is 2.67. The van der Waals surface area contributed by atoms with Gasteiger partial charge in [0.25, 0.3) is 0 Å². The Bertz CT molecular complexity index is 272. The van der Waals surface area contributed by atoms with Gasteiger partial charge in [0.1, 0.15) is 11.7 Å². The van der Waals surface area contributed by atoms with Gasteiger partial charge in [-0.1, -0.05) is 0 Å². The van der Waals surface area contributed by atoms with Crippen LogP contribution < -0.4 is 0 Å². The summed E-state index contributed by atoms with van der Waals surface area (Å²) < 4.78 is 10.6. The average molecular weight is 227 g/mol. The molecule has 0 saturated carbocycles. The minimum Gasteiger partial charge on any atom is -0.429 e. The van der Waals surface area contributed by atoms with E-state index in [1.165, 1.54) is 6.42 Å². The lowest BCUT2D eigenvalue weighted by atomic mass is 10.1. The summed E-state index contributed by atoms with van der Waals surface area (Å²) in [7, 11) is 0. The van der Waals surface area contributed by atoms with Crippen molar-refractivity contribution in [2.24, 2.45) is 0 Å². The van der Waals surface area contributed by atoms with Crippen LogP contribution in [0.5, 0.6) is 0 Å². The molecule has 0 bridgehead atoms. The van der Waals surface area contributed by atoms with Gasteiger partial charge in [-0.25, -0.2) is 4.79 Å². The van der Waals surface area contributed by atoms with E-state index in [-0.39, 0.29) is 6.10 Å². The first kappa shape index (κ1) is 11.7. The Kier molecular flexibility index (Phi) is 3.10. The van der Waals surface area contributed by atoms with Crippen LogP contribution in [0.3, 0.4) is 0 Å². The lowest BCUT2D eigenvalue weighted by Gasteiger charge is -2.23. The SMILES string of the molecule is CC(C)(C)OC(=O)O[C@H]1CCN2CCC[C@@H]12. The Morgan fingerprint density at radius 2 is 2.00 bits per heavy atom. The molecular weight excluding hydrogens is 206 g/mol. The highest BCUT2D eigenvalue weighted by molar-refractivity contribution is 5.60. The molecule has 2 rings (SSSR count). The first-order chi connectivity index (χ1) is 7.46. The predicted molar refractivity (Wildman–Crippen MR) is 60.3 cm³/mol. The lowest BCUT2D eigenvalue weighted by molar-refractivity contribution is -0.0313. The number of nitrogens with zero attached hydrogens (tertiary/aromatic N) is 1. The highest BCUT2D eigenvalue weighted by Crippen LogP contribution is 2.30. The molecular formula is C12H21NO3. The highest BCUT2D eigenvalue weighted by Gasteiger charge is 2.40. The largest absolute Gasteiger partial charge is 0.509 e. The summed E-state index contributed by atoms with van der Waals surface area (Å²) in [6.07, 6.45) is 2.83. The molecule has 0 unspecified atom stereocenters. The van der Waals surface area contributed by atoms with Crippen molar-refractivity contribution in [2.75, 3.05) is 13.1 Å². The first-order valence-corrected chi connectivity index (χ1v) is 6.09. The van der Waals surface area contributed by atoms with E-state index in [9.17, 15) is 4.79 Å². The Morgan fingerprint density at radius 1 is 1.25 bits per heavy atom. The van der Waals surface area contributed by atoms with Crippen LogP contribution >= 0.6 is 0 Å². The zero-order valence-corrected chi connectivity index (χ0v) is 10.4. The Morgan fingerprint density at radius 3 is 2.69 bits per heavy atom. The molecule has 0 aromatic carbocycles. The van der Waals surface area contributed by atoms with Crippen LogP contribution in [0.25, 0.3) is 0 Å². The van der Waals surface area contributed by atoms with Crippen molar-refractivity contribution in [3.05, 3.63) is 0 Å². The molecule has 2 atom stereocenters. The number of fused-ring (bicyclic) bond motifs is 1. The van der Waals surface area contributed by atoms with Crippen molar-refractivity contribution < 1.29 is 14.3 Å². The predicted octanol–water partition coefficient (Wildman–Crippen LogP) is 2.17. The quantitative estimate of drug-likeness (QED) is 0.644. The topological polar surface area (TPSA) is 38.8 Å². The van der Waals surface area contributed by atoms with Crippen molar-refractivity contribution in [3.8, 4) is 0 Å². The maximum Gasteiger partial charge on any atom is 0.509 e. The zero-order chi connectivity index (χ0) is 11.8. The summed E-state index contributed by atoms with van der Waals surface area (Å²) >= 11 is 0. The molecule has 0 amide bonds. The maximum atomic E-state index is 11.5. The molecule has 16 heavy (non-hydrogen) atoms. The first-order valence-electron chi connectivity index (χ1n) is 6.09. The lowest BCUT2D eigenvalue weighted by Crippen LogP contribution is -2.34. The van der Waals surface area contributed by atoms with E-state index in [2.05, 4.69) is 4.90 Å². The van der Waals surface area contributed by atoms with Crippen LogP contribution in [0.2, 0.25) is 0 Å². The normalized spacial score (nSPS) is 30.2. The summed E-state index contributed by atoms with van der Waals surface area (Å²) in [5.41, 5.74) is -0.467. The summed E-state index contributed by atoms with van der Waals surface area (Å²) in [6, 6.07) is 0.438. The number of carbonyl (C=O) groups is 1. The average Bonchev–Trinajstić information content (AvgIpc) is 2.66. The van der Waals surface area contributed by atoms with E-state index in [0.717, 1.165) is 25.9 Å². The second-order valence-electron chi connectivity index (χ2n) is 5.65. The van der Waals surface area contributed by atoms with Gasteiger partial charge in [0.15, 0.2) is 0 Å². The summed E-state index contributed by atoms with van der Waals surface area (Å²) in [5, 5.41) is 0. The minimum absolute atomic E-state index is 0.0392. The smallest absolute Gasteiger partial charge is 0.429 e. The van der Waals surface area contributed by atoms with Crippen molar-refractivity contribution in [1.82, 2.24) is 4.90 Å². The molecule has 2 aliphatic heterocycles. The van der Waals surface area contributed by atoms with E-state index < -0.39 is 11.8 Å². The van der Waals surface area contributed by atoms with E-state index in [1.807, 2.05) is 20.8 Å². The summed E-state index contributed by atoms with van der Waals surface area (Å²) in [4.78, 5) is 14.0. The fourth-order valence-corrected chi connectivity index (χ4v) is 2.57. The molecule has 0 N–H and O–H groups in total. The molecule has 92 valence electrons. The van der Waals surface area contributed by atoms with Gasteiger partial charge in [0.2, 0.25) is 0 Å². The molecule has 0 aromatic rings. The van der Waals surface area contributed by atoms with E-state index >= 15 is 0 Å². The zero-order valence-electron chi connectivity index (χ0n) is 10.4. The molecule has 0 aromatic heterocycles. The monoisotopic (exact) mass is 227 g/mol.